The molecule has 0 aliphatic rings. The quantitative estimate of drug-likeness (QED) is 0.241. The first-order valence-electron chi connectivity index (χ1n) is 8.04. The van der Waals surface area contributed by atoms with Gasteiger partial charge in [0.2, 0.25) is 0 Å². The molecule has 0 aromatic carbocycles. The molecule has 0 radical (unpaired) electrons. The average Bonchev–Trinajstić information content (AvgIpc) is 2.45. The van der Waals surface area contributed by atoms with Crippen LogP contribution in [-0.4, -0.2) is 11.1 Å². The van der Waals surface area contributed by atoms with Crippen LogP contribution in [0.3, 0.4) is 0 Å². The van der Waals surface area contributed by atoms with Gasteiger partial charge in [-0.1, -0.05) is 63.0 Å². The van der Waals surface area contributed by atoms with E-state index in [0.717, 1.165) is 51.4 Å². The Balaban J connectivity index is 0. The zero-order valence-corrected chi connectivity index (χ0v) is 16.2. The fraction of sp³-hybridized carbons (Fsp3) is 0.611. The first kappa shape index (κ1) is 23.8. The summed E-state index contributed by atoms with van der Waals surface area (Å²) in [4.78, 5) is 10.3. The molecule has 3 nitrogen and oxygen atoms in total. The molecule has 1 N–H and O–H groups in total. The molecule has 4 heteroatoms. The van der Waals surface area contributed by atoms with Crippen molar-refractivity contribution in [3.8, 4) is 0 Å². The summed E-state index contributed by atoms with van der Waals surface area (Å²) >= 11 is 0. The van der Waals surface area contributed by atoms with Gasteiger partial charge in [0.25, 0.3) is 0 Å². The molecule has 0 aliphatic carbocycles. The third-order valence-corrected chi connectivity index (χ3v) is 3.14. The second kappa shape index (κ2) is 18.5. The molecule has 0 amide bonds. The minimum absolute atomic E-state index is 0. The van der Waals surface area contributed by atoms with Gasteiger partial charge in [0.15, 0.2) is 0 Å². The molecule has 0 aromatic rings. The second-order valence-corrected chi connectivity index (χ2v) is 5.15. The van der Waals surface area contributed by atoms with E-state index in [0.29, 0.717) is 6.42 Å². The Kier molecular flexibility index (Phi) is 20.0. The molecule has 0 aliphatic heterocycles. The zero-order chi connectivity index (χ0) is 15.8. The summed E-state index contributed by atoms with van der Waals surface area (Å²) in [5, 5.41) is 20.1. The third kappa shape index (κ3) is 19.5. The topological polar surface area (TPSA) is 60.4 Å². The van der Waals surface area contributed by atoms with Crippen LogP contribution < -0.4 is 34.7 Å². The summed E-state index contributed by atoms with van der Waals surface area (Å²) in [6.45, 7) is 2.11. The zero-order valence-electron chi connectivity index (χ0n) is 14.2. The summed E-state index contributed by atoms with van der Waals surface area (Å²) < 4.78 is 0. The van der Waals surface area contributed by atoms with Crippen molar-refractivity contribution < 1.29 is 44.6 Å². The smallest absolute Gasteiger partial charge is 0.876 e. The van der Waals surface area contributed by atoms with Crippen LogP contribution in [0.25, 0.3) is 0 Å². The SMILES string of the molecule is CC/C=C\C/C=C\C/C=C(/[O-])CCCCCCCC(=O)O.[Na+]. The Hall–Kier alpha value is -0.510. The molecular weight excluding hydrogens is 287 g/mol. The number of carboxylic acids is 1. The van der Waals surface area contributed by atoms with Crippen molar-refractivity contribution in [1.82, 2.24) is 0 Å². The van der Waals surface area contributed by atoms with Gasteiger partial charge in [-0.15, -0.1) is 5.76 Å². The van der Waals surface area contributed by atoms with Gasteiger partial charge in [0, 0.05) is 6.42 Å². The molecule has 0 bridgehead atoms. The summed E-state index contributed by atoms with van der Waals surface area (Å²) in [6.07, 6.45) is 18.3. The first-order valence-corrected chi connectivity index (χ1v) is 8.04. The minimum atomic E-state index is -0.724. The van der Waals surface area contributed by atoms with Gasteiger partial charge in [-0.25, -0.2) is 0 Å². The maximum absolute atomic E-state index is 11.6. The summed E-state index contributed by atoms with van der Waals surface area (Å²) in [6, 6.07) is 0. The van der Waals surface area contributed by atoms with E-state index in [2.05, 4.69) is 25.2 Å². The van der Waals surface area contributed by atoms with Crippen molar-refractivity contribution in [2.45, 2.75) is 71.1 Å². The van der Waals surface area contributed by atoms with Crippen molar-refractivity contribution in [1.29, 1.82) is 0 Å². The van der Waals surface area contributed by atoms with Gasteiger partial charge in [-0.3, -0.25) is 4.79 Å². The van der Waals surface area contributed by atoms with Crippen LogP contribution in [-0.2, 0) is 4.79 Å². The van der Waals surface area contributed by atoms with Crippen molar-refractivity contribution in [3.05, 3.63) is 36.1 Å². The summed E-state index contributed by atoms with van der Waals surface area (Å²) in [5.41, 5.74) is 0. The molecule has 0 saturated heterocycles. The molecule has 0 aromatic heterocycles. The molecule has 22 heavy (non-hydrogen) atoms. The molecule has 120 valence electrons. The third-order valence-electron chi connectivity index (χ3n) is 3.14. The number of carboxylic acid groups (broad SMARTS) is 1. The summed E-state index contributed by atoms with van der Waals surface area (Å²) in [5.74, 6) is -0.507. The minimum Gasteiger partial charge on any atom is -0.876 e. The molecule has 0 rings (SSSR count). The number of rotatable bonds is 13. The fourth-order valence-electron chi connectivity index (χ4n) is 1.94. The Morgan fingerprint density at radius 3 is 2.09 bits per heavy atom. The van der Waals surface area contributed by atoms with Gasteiger partial charge in [0.05, 0.1) is 0 Å². The van der Waals surface area contributed by atoms with Crippen LogP contribution in [0.1, 0.15) is 71.1 Å². The van der Waals surface area contributed by atoms with Gasteiger partial charge in [-0.2, -0.15) is 0 Å². The standard InChI is InChI=1S/C18H30O3.Na/c1-2-3-4-5-6-8-11-14-17(19)15-12-9-7-10-13-16-18(20)21;/h3-4,6,8,14,19H,2,5,7,9-13,15-16H2,1H3,(H,20,21);/q;+1/p-1/b4-3-,8-6-,17-14+;. The molecule has 0 heterocycles. The van der Waals surface area contributed by atoms with E-state index in [1.54, 1.807) is 6.08 Å². The number of hydrogen-bond donors (Lipinski definition) is 1. The van der Waals surface area contributed by atoms with Gasteiger partial charge in [0.1, 0.15) is 0 Å². The van der Waals surface area contributed by atoms with Gasteiger partial charge >= 0.3 is 35.5 Å². The van der Waals surface area contributed by atoms with Crippen molar-refractivity contribution >= 4 is 5.97 Å². The van der Waals surface area contributed by atoms with E-state index >= 15 is 0 Å². The fourth-order valence-corrected chi connectivity index (χ4v) is 1.94. The molecule has 0 saturated carbocycles. The molecule has 0 fully saturated rings. The van der Waals surface area contributed by atoms with Crippen molar-refractivity contribution in [2.24, 2.45) is 0 Å². The van der Waals surface area contributed by atoms with E-state index in [-0.39, 0.29) is 41.7 Å². The van der Waals surface area contributed by atoms with Crippen LogP contribution >= 0.6 is 0 Å². The Morgan fingerprint density at radius 1 is 0.909 bits per heavy atom. The number of allylic oxidation sites excluding steroid dienone is 6. The van der Waals surface area contributed by atoms with E-state index in [1.807, 2.05) is 6.08 Å². The van der Waals surface area contributed by atoms with Gasteiger partial charge < -0.3 is 10.2 Å². The number of carbonyl (C=O) groups is 1. The maximum Gasteiger partial charge on any atom is 1.00 e. The Labute approximate surface area is 157 Å². The molecular formula is C18H29NaO3. The monoisotopic (exact) mass is 316 g/mol. The van der Waals surface area contributed by atoms with Gasteiger partial charge in [-0.05, 0) is 32.1 Å². The molecule has 0 unspecified atom stereocenters. The van der Waals surface area contributed by atoms with E-state index in [1.165, 1.54) is 0 Å². The summed E-state index contributed by atoms with van der Waals surface area (Å²) in [7, 11) is 0. The Bertz CT molecular complexity index is 346. The van der Waals surface area contributed by atoms with Crippen LogP contribution in [0.5, 0.6) is 0 Å². The molecule has 0 atom stereocenters. The Morgan fingerprint density at radius 2 is 1.45 bits per heavy atom. The molecule has 0 spiro atoms. The van der Waals surface area contributed by atoms with Crippen LogP contribution in [0, 0.1) is 0 Å². The number of hydrogen-bond acceptors (Lipinski definition) is 2. The number of unbranched alkanes of at least 4 members (excludes halogenated alkanes) is 4. The van der Waals surface area contributed by atoms with Crippen molar-refractivity contribution in [2.75, 3.05) is 0 Å². The van der Waals surface area contributed by atoms with Crippen LogP contribution in [0.15, 0.2) is 36.1 Å². The van der Waals surface area contributed by atoms with E-state index in [4.69, 9.17) is 5.11 Å². The van der Waals surface area contributed by atoms with E-state index in [9.17, 15) is 9.90 Å². The second-order valence-electron chi connectivity index (χ2n) is 5.15. The van der Waals surface area contributed by atoms with Crippen LogP contribution in [0.4, 0.5) is 0 Å². The predicted octanol–water partition coefficient (Wildman–Crippen LogP) is 1.35. The predicted molar refractivity (Wildman–Crippen MR) is 85.8 cm³/mol. The van der Waals surface area contributed by atoms with Crippen molar-refractivity contribution in [3.63, 3.8) is 0 Å². The van der Waals surface area contributed by atoms with Crippen LogP contribution in [0.2, 0.25) is 0 Å². The normalized spacial score (nSPS) is 12.0. The first-order chi connectivity index (χ1) is 10.2. The maximum atomic E-state index is 11.6. The largest absolute Gasteiger partial charge is 1.00 e. The average molecular weight is 316 g/mol. The number of aliphatic carboxylic acids is 1. The van der Waals surface area contributed by atoms with E-state index < -0.39 is 5.97 Å².